The van der Waals surface area contributed by atoms with Crippen LogP contribution in [-0.4, -0.2) is 74.4 Å². The molecule has 0 unspecified atom stereocenters. The van der Waals surface area contributed by atoms with Gasteiger partial charge < -0.3 is 19.1 Å². The highest BCUT2D eigenvalue weighted by molar-refractivity contribution is 5.80. The Morgan fingerprint density at radius 3 is 2.93 bits per heavy atom. The van der Waals surface area contributed by atoms with Crippen molar-refractivity contribution >= 4 is 5.91 Å². The molecular weight excluding hydrogens is 344 g/mol. The van der Waals surface area contributed by atoms with Crippen molar-refractivity contribution in [3.8, 4) is 5.75 Å². The smallest absolute Gasteiger partial charge is 0.251 e. The third-order valence-corrected chi connectivity index (χ3v) is 5.37. The van der Waals surface area contributed by atoms with E-state index in [1.165, 1.54) is 6.42 Å². The van der Waals surface area contributed by atoms with Gasteiger partial charge in [-0.3, -0.25) is 9.69 Å². The van der Waals surface area contributed by atoms with Crippen molar-refractivity contribution in [1.29, 1.82) is 0 Å². The number of ether oxygens (including phenoxy) is 3. The van der Waals surface area contributed by atoms with Crippen molar-refractivity contribution in [1.82, 2.24) is 9.80 Å². The Bertz CT molecular complexity index is 604. The standard InChI is InChI=1S/C21H32N2O4/c1-17(27-16-18-6-3-7-19(14-18)25-2)21(24)23-10-5-9-22(11-12-23)15-20-8-4-13-26-20/h3,6-7,14,17,20H,4-5,8-13,15-16H2,1-2H3/t17-,20+/m0/s1. The molecule has 0 bridgehead atoms. The first-order chi connectivity index (χ1) is 13.2. The zero-order chi connectivity index (χ0) is 19.1. The summed E-state index contributed by atoms with van der Waals surface area (Å²) in [5.41, 5.74) is 1.01. The van der Waals surface area contributed by atoms with E-state index in [0.717, 1.165) is 63.5 Å². The molecule has 2 aliphatic rings. The van der Waals surface area contributed by atoms with Gasteiger partial charge in [0.1, 0.15) is 11.9 Å². The highest BCUT2D eigenvalue weighted by Gasteiger charge is 2.26. The van der Waals surface area contributed by atoms with Crippen molar-refractivity contribution in [3.05, 3.63) is 29.8 Å². The largest absolute Gasteiger partial charge is 0.497 e. The molecule has 27 heavy (non-hydrogen) atoms. The zero-order valence-electron chi connectivity index (χ0n) is 16.6. The molecule has 0 N–H and O–H groups in total. The van der Waals surface area contributed by atoms with Crippen molar-refractivity contribution in [3.63, 3.8) is 0 Å². The molecule has 0 saturated carbocycles. The molecule has 2 heterocycles. The van der Waals surface area contributed by atoms with Crippen LogP contribution >= 0.6 is 0 Å². The van der Waals surface area contributed by atoms with E-state index in [4.69, 9.17) is 14.2 Å². The average molecular weight is 376 g/mol. The van der Waals surface area contributed by atoms with Crippen molar-refractivity contribution in [2.45, 2.75) is 45.0 Å². The molecule has 0 spiro atoms. The third-order valence-electron chi connectivity index (χ3n) is 5.37. The van der Waals surface area contributed by atoms with Crippen LogP contribution in [0.3, 0.4) is 0 Å². The summed E-state index contributed by atoms with van der Waals surface area (Å²) in [6.45, 7) is 7.64. The molecule has 0 aromatic heterocycles. The maximum atomic E-state index is 12.8. The van der Waals surface area contributed by atoms with Gasteiger partial charge in [0.05, 0.1) is 19.8 Å². The van der Waals surface area contributed by atoms with Gasteiger partial charge >= 0.3 is 0 Å². The molecule has 2 atom stereocenters. The van der Waals surface area contributed by atoms with Crippen molar-refractivity contribution < 1.29 is 19.0 Å². The third kappa shape index (κ3) is 5.92. The zero-order valence-corrected chi connectivity index (χ0v) is 16.6. The Labute approximate surface area is 162 Å². The summed E-state index contributed by atoms with van der Waals surface area (Å²) >= 11 is 0. The quantitative estimate of drug-likeness (QED) is 0.731. The molecule has 1 aromatic carbocycles. The lowest BCUT2D eigenvalue weighted by atomic mass is 10.2. The van der Waals surface area contributed by atoms with Gasteiger partial charge in [-0.1, -0.05) is 12.1 Å². The fourth-order valence-corrected chi connectivity index (χ4v) is 3.76. The lowest BCUT2D eigenvalue weighted by Gasteiger charge is -2.25. The highest BCUT2D eigenvalue weighted by Crippen LogP contribution is 2.16. The lowest BCUT2D eigenvalue weighted by molar-refractivity contribution is -0.143. The van der Waals surface area contributed by atoms with Crippen LogP contribution in [0.5, 0.6) is 5.75 Å². The summed E-state index contributed by atoms with van der Waals surface area (Å²) in [4.78, 5) is 17.2. The molecule has 150 valence electrons. The number of nitrogens with zero attached hydrogens (tertiary/aromatic N) is 2. The average Bonchev–Trinajstić information content (AvgIpc) is 3.10. The summed E-state index contributed by atoms with van der Waals surface area (Å²) in [7, 11) is 1.65. The molecular formula is C21H32N2O4. The van der Waals surface area contributed by atoms with Gasteiger partial charge in [0, 0.05) is 32.8 Å². The predicted octanol–water partition coefficient (Wildman–Crippen LogP) is 2.31. The number of rotatable bonds is 7. The van der Waals surface area contributed by atoms with Crippen LogP contribution in [0.1, 0.15) is 31.7 Å². The fourth-order valence-electron chi connectivity index (χ4n) is 3.76. The topological polar surface area (TPSA) is 51.2 Å². The van der Waals surface area contributed by atoms with Crippen LogP contribution in [0.2, 0.25) is 0 Å². The normalized spacial score (nSPS) is 22.4. The molecule has 6 heteroatoms. The second-order valence-corrected chi connectivity index (χ2v) is 7.42. The van der Waals surface area contributed by atoms with E-state index in [1.807, 2.05) is 36.1 Å². The molecule has 2 fully saturated rings. The molecule has 1 aromatic rings. The summed E-state index contributed by atoms with van der Waals surface area (Å²) in [6, 6.07) is 7.75. The van der Waals surface area contributed by atoms with E-state index in [2.05, 4.69) is 4.90 Å². The summed E-state index contributed by atoms with van der Waals surface area (Å²) in [5.74, 6) is 0.880. The maximum absolute atomic E-state index is 12.8. The first-order valence-corrected chi connectivity index (χ1v) is 10.0. The summed E-state index contributed by atoms with van der Waals surface area (Å²) < 4.78 is 16.8. The number of carbonyl (C=O) groups excluding carboxylic acids is 1. The lowest BCUT2D eigenvalue weighted by Crippen LogP contribution is -2.42. The second-order valence-electron chi connectivity index (χ2n) is 7.42. The van der Waals surface area contributed by atoms with Crippen LogP contribution in [0, 0.1) is 0 Å². The Morgan fingerprint density at radius 1 is 1.26 bits per heavy atom. The van der Waals surface area contributed by atoms with Gasteiger partial charge in [-0.2, -0.15) is 0 Å². The molecule has 2 saturated heterocycles. The minimum absolute atomic E-state index is 0.0804. The van der Waals surface area contributed by atoms with Gasteiger partial charge in [0.25, 0.3) is 5.91 Å². The highest BCUT2D eigenvalue weighted by atomic mass is 16.5. The maximum Gasteiger partial charge on any atom is 0.251 e. The predicted molar refractivity (Wildman–Crippen MR) is 104 cm³/mol. The molecule has 1 amide bonds. The molecule has 0 radical (unpaired) electrons. The minimum Gasteiger partial charge on any atom is -0.497 e. The van der Waals surface area contributed by atoms with Crippen LogP contribution < -0.4 is 4.74 Å². The van der Waals surface area contributed by atoms with Crippen molar-refractivity contribution in [2.75, 3.05) is 46.4 Å². The number of benzene rings is 1. The number of hydrogen-bond donors (Lipinski definition) is 0. The van der Waals surface area contributed by atoms with Gasteiger partial charge in [-0.25, -0.2) is 0 Å². The van der Waals surface area contributed by atoms with Gasteiger partial charge in [0.15, 0.2) is 0 Å². The Balaban J connectivity index is 1.44. The van der Waals surface area contributed by atoms with Crippen molar-refractivity contribution in [2.24, 2.45) is 0 Å². The second kappa shape index (κ2) is 10.1. The molecule has 6 nitrogen and oxygen atoms in total. The van der Waals surface area contributed by atoms with E-state index >= 15 is 0 Å². The Morgan fingerprint density at radius 2 is 2.15 bits per heavy atom. The number of hydrogen-bond acceptors (Lipinski definition) is 5. The SMILES string of the molecule is COc1cccc(CO[C@@H](C)C(=O)N2CCCN(C[C@H]3CCCO3)CC2)c1. The van der Waals surface area contributed by atoms with E-state index in [9.17, 15) is 4.79 Å². The minimum atomic E-state index is -0.444. The molecule has 2 aliphatic heterocycles. The number of amides is 1. The molecule has 0 aliphatic carbocycles. The summed E-state index contributed by atoms with van der Waals surface area (Å²) in [5, 5.41) is 0. The first kappa shape index (κ1) is 20.1. The monoisotopic (exact) mass is 376 g/mol. The van der Waals surface area contributed by atoms with Gasteiger partial charge in [-0.05, 0) is 50.4 Å². The van der Waals surface area contributed by atoms with Crippen LogP contribution in [0.4, 0.5) is 0 Å². The van der Waals surface area contributed by atoms with E-state index < -0.39 is 6.10 Å². The van der Waals surface area contributed by atoms with Gasteiger partial charge in [0.2, 0.25) is 0 Å². The van der Waals surface area contributed by atoms with Crippen LogP contribution in [0.15, 0.2) is 24.3 Å². The number of carbonyl (C=O) groups is 1. The Kier molecular flexibility index (Phi) is 7.50. The van der Waals surface area contributed by atoms with Crippen LogP contribution in [-0.2, 0) is 20.9 Å². The van der Waals surface area contributed by atoms with Gasteiger partial charge in [-0.15, -0.1) is 0 Å². The van der Waals surface area contributed by atoms with E-state index in [0.29, 0.717) is 12.7 Å². The molecule has 3 rings (SSSR count). The van der Waals surface area contributed by atoms with E-state index in [-0.39, 0.29) is 5.91 Å². The van der Waals surface area contributed by atoms with Crippen LogP contribution in [0.25, 0.3) is 0 Å². The van der Waals surface area contributed by atoms with E-state index in [1.54, 1.807) is 7.11 Å². The fraction of sp³-hybridized carbons (Fsp3) is 0.667. The Hall–Kier alpha value is -1.63. The number of methoxy groups -OCH3 is 1. The summed E-state index contributed by atoms with van der Waals surface area (Å²) in [6.07, 6.45) is 3.26. The first-order valence-electron chi connectivity index (χ1n) is 10.0.